The van der Waals surface area contributed by atoms with E-state index in [2.05, 4.69) is 29.1 Å². The molecule has 1 aromatic heterocycles. The number of methoxy groups -OCH3 is 1. The van der Waals surface area contributed by atoms with E-state index in [1.165, 1.54) is 25.7 Å². The molecule has 108 valence electrons. The maximum atomic E-state index is 5.59. The first kappa shape index (κ1) is 15.5. The van der Waals surface area contributed by atoms with E-state index in [1.54, 1.807) is 13.2 Å². The van der Waals surface area contributed by atoms with Crippen molar-refractivity contribution >= 4 is 11.8 Å². The molecule has 1 rings (SSSR count). The van der Waals surface area contributed by atoms with Gasteiger partial charge < -0.3 is 15.8 Å². The highest BCUT2D eigenvalue weighted by atomic mass is 16.5. The number of anilines is 2. The van der Waals surface area contributed by atoms with Crippen molar-refractivity contribution in [1.82, 2.24) is 9.97 Å². The Balaban J connectivity index is 2.17. The van der Waals surface area contributed by atoms with Gasteiger partial charge in [-0.1, -0.05) is 39.5 Å². The molecular formula is C14H26N4O. The van der Waals surface area contributed by atoms with E-state index in [0.717, 1.165) is 24.7 Å². The number of rotatable bonds is 9. The Hall–Kier alpha value is -1.52. The Morgan fingerprint density at radius 2 is 1.95 bits per heavy atom. The summed E-state index contributed by atoms with van der Waals surface area (Å²) in [6.45, 7) is 5.45. The molecule has 0 unspecified atom stereocenters. The summed E-state index contributed by atoms with van der Waals surface area (Å²) in [4.78, 5) is 8.06. The highest BCUT2D eigenvalue weighted by Crippen LogP contribution is 2.14. The van der Waals surface area contributed by atoms with Crippen LogP contribution in [-0.2, 0) is 0 Å². The zero-order valence-corrected chi connectivity index (χ0v) is 12.3. The lowest BCUT2D eigenvalue weighted by atomic mass is 10.0. The SMILES string of the molecule is COc1cc(NCCCCCCC(C)C)nc(N)n1. The second-order valence-corrected chi connectivity index (χ2v) is 5.18. The van der Waals surface area contributed by atoms with Crippen molar-refractivity contribution in [1.29, 1.82) is 0 Å². The predicted molar refractivity (Wildman–Crippen MR) is 79.4 cm³/mol. The number of unbranched alkanes of at least 4 members (excludes halogenated alkanes) is 3. The van der Waals surface area contributed by atoms with Gasteiger partial charge in [0.25, 0.3) is 0 Å². The average molecular weight is 266 g/mol. The van der Waals surface area contributed by atoms with Gasteiger partial charge in [0.1, 0.15) is 5.82 Å². The van der Waals surface area contributed by atoms with Crippen LogP contribution in [0.1, 0.15) is 46.0 Å². The second-order valence-electron chi connectivity index (χ2n) is 5.18. The van der Waals surface area contributed by atoms with Crippen LogP contribution in [0.3, 0.4) is 0 Å². The molecule has 1 heterocycles. The summed E-state index contributed by atoms with van der Waals surface area (Å²) >= 11 is 0. The van der Waals surface area contributed by atoms with E-state index >= 15 is 0 Å². The lowest BCUT2D eigenvalue weighted by Crippen LogP contribution is -2.06. The zero-order valence-electron chi connectivity index (χ0n) is 12.3. The number of hydrogen-bond donors (Lipinski definition) is 2. The molecule has 0 amide bonds. The van der Waals surface area contributed by atoms with Crippen LogP contribution in [0.25, 0.3) is 0 Å². The van der Waals surface area contributed by atoms with E-state index in [1.807, 2.05) is 0 Å². The van der Waals surface area contributed by atoms with E-state index in [4.69, 9.17) is 10.5 Å². The largest absolute Gasteiger partial charge is 0.481 e. The Kier molecular flexibility index (Phi) is 7.00. The minimum absolute atomic E-state index is 0.235. The normalized spacial score (nSPS) is 10.7. The van der Waals surface area contributed by atoms with Crippen LogP contribution >= 0.6 is 0 Å². The van der Waals surface area contributed by atoms with Gasteiger partial charge in [-0.25, -0.2) is 0 Å². The van der Waals surface area contributed by atoms with Gasteiger partial charge >= 0.3 is 0 Å². The molecule has 0 aliphatic carbocycles. The lowest BCUT2D eigenvalue weighted by Gasteiger charge is -2.08. The minimum Gasteiger partial charge on any atom is -0.481 e. The first-order chi connectivity index (χ1) is 9.11. The highest BCUT2D eigenvalue weighted by molar-refractivity contribution is 5.42. The van der Waals surface area contributed by atoms with E-state index in [9.17, 15) is 0 Å². The minimum atomic E-state index is 0.235. The predicted octanol–water partition coefficient (Wildman–Crippen LogP) is 3.09. The number of nitrogens with one attached hydrogen (secondary N) is 1. The van der Waals surface area contributed by atoms with Gasteiger partial charge in [0, 0.05) is 12.6 Å². The molecule has 0 aliphatic rings. The van der Waals surface area contributed by atoms with Gasteiger partial charge in [0.05, 0.1) is 7.11 Å². The van der Waals surface area contributed by atoms with Gasteiger partial charge in [-0.05, 0) is 12.3 Å². The molecule has 5 nitrogen and oxygen atoms in total. The summed E-state index contributed by atoms with van der Waals surface area (Å²) in [7, 11) is 1.57. The van der Waals surface area contributed by atoms with Crippen LogP contribution in [-0.4, -0.2) is 23.6 Å². The van der Waals surface area contributed by atoms with Crippen LogP contribution in [0, 0.1) is 5.92 Å². The summed E-state index contributed by atoms with van der Waals surface area (Å²) in [5.74, 6) is 2.27. The molecule has 0 atom stereocenters. The summed E-state index contributed by atoms with van der Waals surface area (Å²) < 4.78 is 5.05. The number of nitrogens with zero attached hydrogens (tertiary/aromatic N) is 2. The van der Waals surface area contributed by atoms with E-state index in [0.29, 0.717) is 5.88 Å². The first-order valence-corrected chi connectivity index (χ1v) is 7.04. The fourth-order valence-corrected chi connectivity index (χ4v) is 1.89. The fourth-order valence-electron chi connectivity index (χ4n) is 1.89. The standard InChI is InChI=1S/C14H26N4O/c1-11(2)8-6-4-5-7-9-16-12-10-13(19-3)18-14(15)17-12/h10-11H,4-9H2,1-3H3,(H3,15,16,17,18). The molecule has 1 aromatic rings. The van der Waals surface area contributed by atoms with Crippen molar-refractivity contribution < 1.29 is 4.74 Å². The molecule has 0 aromatic carbocycles. The van der Waals surface area contributed by atoms with Gasteiger partial charge in [-0.2, -0.15) is 9.97 Å². The topological polar surface area (TPSA) is 73.1 Å². The quantitative estimate of drug-likeness (QED) is 0.672. The highest BCUT2D eigenvalue weighted by Gasteiger charge is 2.01. The molecule has 0 spiro atoms. The van der Waals surface area contributed by atoms with Crippen molar-refractivity contribution in [3.05, 3.63) is 6.07 Å². The lowest BCUT2D eigenvalue weighted by molar-refractivity contribution is 0.398. The van der Waals surface area contributed by atoms with Crippen LogP contribution < -0.4 is 15.8 Å². The number of ether oxygens (including phenoxy) is 1. The smallest absolute Gasteiger partial charge is 0.225 e. The Labute approximate surface area is 116 Å². The van der Waals surface area contributed by atoms with Gasteiger partial charge in [0.2, 0.25) is 11.8 Å². The van der Waals surface area contributed by atoms with Crippen molar-refractivity contribution in [2.75, 3.05) is 24.7 Å². The maximum absolute atomic E-state index is 5.59. The van der Waals surface area contributed by atoms with Crippen molar-refractivity contribution in [2.24, 2.45) is 5.92 Å². The molecule has 5 heteroatoms. The first-order valence-electron chi connectivity index (χ1n) is 7.04. The van der Waals surface area contributed by atoms with Gasteiger partial charge in [0.15, 0.2) is 0 Å². The van der Waals surface area contributed by atoms with Gasteiger partial charge in [-0.3, -0.25) is 0 Å². The number of hydrogen-bond acceptors (Lipinski definition) is 5. The van der Waals surface area contributed by atoms with Crippen molar-refractivity contribution in [3.8, 4) is 5.88 Å². The Bertz CT molecular complexity index is 368. The Morgan fingerprint density at radius 1 is 1.21 bits per heavy atom. The summed E-state index contributed by atoms with van der Waals surface area (Å²) in [5.41, 5.74) is 5.59. The number of nitrogen functional groups attached to an aromatic ring is 1. The second kappa shape index (κ2) is 8.56. The zero-order chi connectivity index (χ0) is 14.1. The molecule has 0 saturated heterocycles. The van der Waals surface area contributed by atoms with E-state index < -0.39 is 0 Å². The van der Waals surface area contributed by atoms with Crippen LogP contribution in [0.15, 0.2) is 6.07 Å². The van der Waals surface area contributed by atoms with Crippen LogP contribution in [0.2, 0.25) is 0 Å². The molecule has 0 saturated carbocycles. The maximum Gasteiger partial charge on any atom is 0.225 e. The number of nitrogens with two attached hydrogens (primary N) is 1. The number of aromatic nitrogens is 2. The molecular weight excluding hydrogens is 240 g/mol. The van der Waals surface area contributed by atoms with Crippen molar-refractivity contribution in [2.45, 2.75) is 46.0 Å². The van der Waals surface area contributed by atoms with E-state index in [-0.39, 0.29) is 5.95 Å². The molecule has 0 radical (unpaired) electrons. The third-order valence-electron chi connectivity index (χ3n) is 2.94. The average Bonchev–Trinajstić information content (AvgIpc) is 2.36. The summed E-state index contributed by atoms with van der Waals surface area (Å²) in [6, 6.07) is 1.76. The Morgan fingerprint density at radius 3 is 2.63 bits per heavy atom. The molecule has 19 heavy (non-hydrogen) atoms. The molecule has 0 fully saturated rings. The van der Waals surface area contributed by atoms with Crippen molar-refractivity contribution in [3.63, 3.8) is 0 Å². The molecule has 0 bridgehead atoms. The fraction of sp³-hybridized carbons (Fsp3) is 0.714. The van der Waals surface area contributed by atoms with Gasteiger partial charge in [-0.15, -0.1) is 0 Å². The summed E-state index contributed by atoms with van der Waals surface area (Å²) in [6.07, 6.45) is 6.34. The van der Waals surface area contributed by atoms with Crippen LogP contribution in [0.4, 0.5) is 11.8 Å². The molecule has 3 N–H and O–H groups in total. The van der Waals surface area contributed by atoms with Crippen LogP contribution in [0.5, 0.6) is 5.88 Å². The monoisotopic (exact) mass is 266 g/mol. The third kappa shape index (κ3) is 6.84. The third-order valence-corrected chi connectivity index (χ3v) is 2.94. The summed E-state index contributed by atoms with van der Waals surface area (Å²) in [5, 5.41) is 3.25. The molecule has 0 aliphatic heterocycles.